The highest BCUT2D eigenvalue weighted by Gasteiger charge is 2.43. The normalized spacial score (nSPS) is 38.5. The summed E-state index contributed by atoms with van der Waals surface area (Å²) in [5.74, 6) is -0.263. The van der Waals surface area contributed by atoms with Crippen molar-refractivity contribution in [2.24, 2.45) is 0 Å². The van der Waals surface area contributed by atoms with Gasteiger partial charge in [0.05, 0.1) is 11.7 Å². The van der Waals surface area contributed by atoms with Crippen LogP contribution in [0.1, 0.15) is 38.5 Å². The van der Waals surface area contributed by atoms with E-state index >= 15 is 0 Å². The molecule has 1 aliphatic heterocycles. The van der Waals surface area contributed by atoms with Crippen molar-refractivity contribution in [3.8, 4) is 0 Å². The quantitative estimate of drug-likeness (QED) is 0.557. The Morgan fingerprint density at radius 3 is 2.71 bits per heavy atom. The van der Waals surface area contributed by atoms with Crippen molar-refractivity contribution >= 4 is 5.91 Å². The van der Waals surface area contributed by atoms with E-state index in [2.05, 4.69) is 5.32 Å². The Bertz CT molecular complexity index is 445. The fraction of sp³-hybridized carbons (Fsp3) is 0.800. The van der Waals surface area contributed by atoms with Gasteiger partial charge in [-0.25, -0.2) is 0 Å². The molecular formula is C15H23NO5. The average Bonchev–Trinajstić information content (AvgIpc) is 2.42. The van der Waals surface area contributed by atoms with E-state index in [9.17, 15) is 20.1 Å². The van der Waals surface area contributed by atoms with E-state index in [0.29, 0.717) is 12.2 Å². The highest BCUT2D eigenvalue weighted by Crippen LogP contribution is 2.42. The molecule has 1 saturated carbocycles. The van der Waals surface area contributed by atoms with Gasteiger partial charge in [0, 0.05) is 24.6 Å². The molecule has 4 atom stereocenters. The molecule has 0 bridgehead atoms. The predicted octanol–water partition coefficient (Wildman–Crippen LogP) is -0.383. The molecule has 6 nitrogen and oxygen atoms in total. The van der Waals surface area contributed by atoms with Crippen molar-refractivity contribution in [2.75, 3.05) is 6.61 Å². The van der Waals surface area contributed by atoms with Crippen LogP contribution in [-0.2, 0) is 9.53 Å². The lowest BCUT2D eigenvalue weighted by Crippen LogP contribution is -2.52. The number of aliphatic hydroxyl groups excluding tert-OH is 3. The molecule has 2 aliphatic carbocycles. The van der Waals surface area contributed by atoms with Crippen molar-refractivity contribution in [1.82, 2.24) is 5.32 Å². The summed E-state index contributed by atoms with van der Waals surface area (Å²) in [7, 11) is 0. The predicted molar refractivity (Wildman–Crippen MR) is 74.4 cm³/mol. The molecule has 1 spiro atoms. The molecule has 1 unspecified atom stereocenters. The van der Waals surface area contributed by atoms with Crippen LogP contribution < -0.4 is 5.32 Å². The van der Waals surface area contributed by atoms with E-state index in [4.69, 9.17) is 4.74 Å². The maximum absolute atomic E-state index is 12.3. The number of hydrogen-bond donors (Lipinski definition) is 4. The topological polar surface area (TPSA) is 99.0 Å². The number of amides is 1. The highest BCUT2D eigenvalue weighted by molar-refractivity contribution is 5.94. The summed E-state index contributed by atoms with van der Waals surface area (Å²) in [6.45, 7) is 0.661. The number of aliphatic hydroxyl groups is 3. The minimum absolute atomic E-state index is 0.0354. The molecule has 0 radical (unpaired) electrons. The zero-order valence-electron chi connectivity index (χ0n) is 12.0. The minimum atomic E-state index is -1.22. The fourth-order valence-electron chi connectivity index (χ4n) is 3.46. The van der Waals surface area contributed by atoms with Gasteiger partial charge in [-0.1, -0.05) is 0 Å². The summed E-state index contributed by atoms with van der Waals surface area (Å²) < 4.78 is 5.83. The summed E-state index contributed by atoms with van der Waals surface area (Å²) in [4.78, 5) is 12.3. The van der Waals surface area contributed by atoms with Crippen LogP contribution in [0.5, 0.6) is 0 Å². The van der Waals surface area contributed by atoms with E-state index in [1.165, 1.54) is 12.5 Å². The SMILES string of the molecule is O=C(NC1CCOC2(CCC2)C1)C1=C[C@@H](O)[C@@H](O)[C@H](O)C1. The van der Waals surface area contributed by atoms with E-state index in [1.54, 1.807) is 0 Å². The molecule has 6 heteroatoms. The summed E-state index contributed by atoms with van der Waals surface area (Å²) in [6.07, 6.45) is 2.82. The Kier molecular flexibility index (Phi) is 4.05. The van der Waals surface area contributed by atoms with Crippen molar-refractivity contribution in [3.63, 3.8) is 0 Å². The zero-order chi connectivity index (χ0) is 15.0. The smallest absolute Gasteiger partial charge is 0.247 e. The van der Waals surface area contributed by atoms with E-state index < -0.39 is 18.3 Å². The molecule has 0 aromatic carbocycles. The molecule has 118 valence electrons. The molecule has 1 amide bonds. The first-order valence-corrected chi connectivity index (χ1v) is 7.69. The molecule has 2 fully saturated rings. The molecule has 3 aliphatic rings. The van der Waals surface area contributed by atoms with Crippen LogP contribution in [0.25, 0.3) is 0 Å². The van der Waals surface area contributed by atoms with Gasteiger partial charge >= 0.3 is 0 Å². The zero-order valence-corrected chi connectivity index (χ0v) is 12.0. The Labute approximate surface area is 123 Å². The number of carbonyl (C=O) groups is 1. The van der Waals surface area contributed by atoms with Gasteiger partial charge in [-0.3, -0.25) is 4.79 Å². The lowest BCUT2D eigenvalue weighted by Gasteiger charge is -2.47. The lowest BCUT2D eigenvalue weighted by molar-refractivity contribution is -0.140. The van der Waals surface area contributed by atoms with E-state index in [0.717, 1.165) is 25.7 Å². The van der Waals surface area contributed by atoms with Gasteiger partial charge in [-0.15, -0.1) is 0 Å². The van der Waals surface area contributed by atoms with Crippen molar-refractivity contribution in [2.45, 2.75) is 68.5 Å². The van der Waals surface area contributed by atoms with Gasteiger partial charge in [0.1, 0.15) is 12.2 Å². The van der Waals surface area contributed by atoms with Gasteiger partial charge < -0.3 is 25.4 Å². The van der Waals surface area contributed by atoms with Gasteiger partial charge in [0.15, 0.2) is 0 Å². The van der Waals surface area contributed by atoms with Gasteiger partial charge in [-0.2, -0.15) is 0 Å². The maximum atomic E-state index is 12.3. The Morgan fingerprint density at radius 2 is 2.10 bits per heavy atom. The summed E-state index contributed by atoms with van der Waals surface area (Å²) >= 11 is 0. The van der Waals surface area contributed by atoms with Crippen LogP contribution in [0, 0.1) is 0 Å². The average molecular weight is 297 g/mol. The molecule has 0 aromatic rings. The first kappa shape index (κ1) is 15.0. The van der Waals surface area contributed by atoms with Crippen LogP contribution in [0.4, 0.5) is 0 Å². The largest absolute Gasteiger partial charge is 0.390 e. The van der Waals surface area contributed by atoms with Gasteiger partial charge in [0.25, 0.3) is 0 Å². The molecular weight excluding hydrogens is 274 g/mol. The number of ether oxygens (including phenoxy) is 1. The van der Waals surface area contributed by atoms with Gasteiger partial charge in [-0.05, 0) is 38.2 Å². The number of rotatable bonds is 2. The number of carbonyl (C=O) groups excluding carboxylic acids is 1. The van der Waals surface area contributed by atoms with Crippen LogP contribution in [-0.4, -0.2) is 57.8 Å². The minimum Gasteiger partial charge on any atom is -0.390 e. The van der Waals surface area contributed by atoms with E-state index in [1.807, 2.05) is 0 Å². The molecule has 1 saturated heterocycles. The van der Waals surface area contributed by atoms with Crippen molar-refractivity contribution in [3.05, 3.63) is 11.6 Å². The number of hydrogen-bond acceptors (Lipinski definition) is 5. The van der Waals surface area contributed by atoms with Crippen LogP contribution in [0.2, 0.25) is 0 Å². The Hall–Kier alpha value is -0.950. The first-order valence-electron chi connectivity index (χ1n) is 7.69. The second kappa shape index (κ2) is 5.68. The Morgan fingerprint density at radius 1 is 1.33 bits per heavy atom. The summed E-state index contributed by atoms with van der Waals surface area (Å²) in [5.41, 5.74) is 0.307. The third kappa shape index (κ3) is 2.99. The second-order valence-electron chi connectivity index (χ2n) is 6.49. The second-order valence-corrected chi connectivity index (χ2v) is 6.49. The third-order valence-corrected chi connectivity index (χ3v) is 4.93. The maximum Gasteiger partial charge on any atom is 0.247 e. The number of nitrogens with one attached hydrogen (secondary N) is 1. The van der Waals surface area contributed by atoms with E-state index in [-0.39, 0.29) is 24.0 Å². The standard InChI is InChI=1S/C15H23NO5/c17-11-6-9(7-12(18)13(11)19)14(20)16-10-2-5-21-15(8-10)3-1-4-15/h6,10-13,17-19H,1-5,7-8H2,(H,16,20)/t10?,11-,12-,13-/m1/s1. The molecule has 0 aromatic heterocycles. The monoisotopic (exact) mass is 297 g/mol. The highest BCUT2D eigenvalue weighted by atomic mass is 16.5. The summed E-state index contributed by atoms with van der Waals surface area (Å²) in [6, 6.07) is 0.0774. The lowest BCUT2D eigenvalue weighted by atomic mass is 9.74. The van der Waals surface area contributed by atoms with Crippen LogP contribution in [0.15, 0.2) is 11.6 Å². The van der Waals surface area contributed by atoms with Crippen LogP contribution >= 0.6 is 0 Å². The van der Waals surface area contributed by atoms with Gasteiger partial charge in [0.2, 0.25) is 5.91 Å². The third-order valence-electron chi connectivity index (χ3n) is 4.93. The first-order chi connectivity index (χ1) is 9.99. The molecule has 1 heterocycles. The fourth-order valence-corrected chi connectivity index (χ4v) is 3.46. The van der Waals surface area contributed by atoms with Crippen molar-refractivity contribution < 1.29 is 24.9 Å². The Balaban J connectivity index is 1.60. The van der Waals surface area contributed by atoms with Crippen molar-refractivity contribution in [1.29, 1.82) is 0 Å². The molecule has 4 N–H and O–H groups in total. The summed E-state index contributed by atoms with van der Waals surface area (Å²) in [5, 5.41) is 31.7. The molecule has 21 heavy (non-hydrogen) atoms. The molecule has 3 rings (SSSR count). The van der Waals surface area contributed by atoms with Crippen LogP contribution in [0.3, 0.4) is 0 Å².